The van der Waals surface area contributed by atoms with Crippen LogP contribution in [0, 0.1) is 0 Å². The van der Waals surface area contributed by atoms with E-state index in [9.17, 15) is 14.7 Å². The van der Waals surface area contributed by atoms with E-state index in [2.05, 4.69) is 31.8 Å². The smallest absolute Gasteiger partial charge is 0.287 e. The Morgan fingerprint density at radius 1 is 1.06 bits per heavy atom. The van der Waals surface area contributed by atoms with Crippen LogP contribution in [0.1, 0.15) is 21.5 Å². The van der Waals surface area contributed by atoms with Crippen LogP contribution >= 0.6 is 27.5 Å². The maximum absolute atomic E-state index is 12.9. The van der Waals surface area contributed by atoms with Crippen molar-refractivity contribution in [2.75, 3.05) is 6.79 Å². The number of hydrogen-bond acceptors (Lipinski definition) is 6. The van der Waals surface area contributed by atoms with Crippen molar-refractivity contribution >= 4 is 51.6 Å². The Hall–Kier alpha value is -3.82. The summed E-state index contributed by atoms with van der Waals surface area (Å²) in [5.74, 6) is -0.116. The lowest BCUT2D eigenvalue weighted by Crippen LogP contribution is -2.32. The molecule has 0 atom stereocenters. The predicted molar refractivity (Wildman–Crippen MR) is 131 cm³/mol. The third-order valence-corrected chi connectivity index (χ3v) is 5.49. The Labute approximate surface area is 208 Å². The highest BCUT2D eigenvalue weighted by Gasteiger charge is 2.17. The van der Waals surface area contributed by atoms with Crippen molar-refractivity contribution in [3.63, 3.8) is 0 Å². The van der Waals surface area contributed by atoms with Gasteiger partial charge in [0.15, 0.2) is 11.5 Å². The first kappa shape index (κ1) is 23.3. The number of hydrogen-bond donors (Lipinski definition) is 3. The molecule has 10 heteroatoms. The summed E-state index contributed by atoms with van der Waals surface area (Å²) in [4.78, 5) is 25.6. The third-order valence-electron chi connectivity index (χ3n) is 4.66. The van der Waals surface area contributed by atoms with Crippen molar-refractivity contribution in [2.45, 2.75) is 0 Å². The summed E-state index contributed by atoms with van der Waals surface area (Å²) in [6, 6.07) is 16.6. The molecular weight excluding hydrogens is 526 g/mol. The van der Waals surface area contributed by atoms with Gasteiger partial charge >= 0.3 is 0 Å². The van der Waals surface area contributed by atoms with Gasteiger partial charge in [0, 0.05) is 16.1 Å². The number of carbonyl (C=O) groups excluding carboxylic acids is 2. The van der Waals surface area contributed by atoms with Gasteiger partial charge in [-0.05, 0) is 64.0 Å². The lowest BCUT2D eigenvalue weighted by Gasteiger charge is -2.09. The minimum absolute atomic E-state index is 0.0543. The Kier molecular flexibility index (Phi) is 7.15. The molecule has 8 nitrogen and oxygen atoms in total. The van der Waals surface area contributed by atoms with Gasteiger partial charge in [-0.3, -0.25) is 9.59 Å². The molecular formula is C24H17BrClN3O5. The summed E-state index contributed by atoms with van der Waals surface area (Å²) < 4.78 is 11.1. The van der Waals surface area contributed by atoms with Crippen LogP contribution in [-0.4, -0.2) is 29.9 Å². The van der Waals surface area contributed by atoms with E-state index in [-0.39, 0.29) is 23.8 Å². The van der Waals surface area contributed by atoms with Gasteiger partial charge in [0.25, 0.3) is 11.8 Å². The molecule has 3 aromatic rings. The number of phenolic OH excluding ortho intramolecular Hbond substituents is 1. The number of benzene rings is 3. The second-order valence-electron chi connectivity index (χ2n) is 7.02. The lowest BCUT2D eigenvalue weighted by molar-refractivity contribution is -0.117. The molecule has 0 spiro atoms. The molecule has 0 fully saturated rings. The minimum atomic E-state index is -0.682. The molecule has 4 rings (SSSR count). The van der Waals surface area contributed by atoms with Crippen LogP contribution in [0.4, 0.5) is 0 Å². The molecule has 3 aromatic carbocycles. The monoisotopic (exact) mass is 541 g/mol. The molecule has 1 aliphatic heterocycles. The Balaban J connectivity index is 1.58. The molecule has 0 saturated carbocycles. The van der Waals surface area contributed by atoms with Crippen LogP contribution in [0.25, 0.3) is 6.08 Å². The second-order valence-corrected chi connectivity index (χ2v) is 8.31. The van der Waals surface area contributed by atoms with E-state index in [0.717, 1.165) is 0 Å². The first-order chi connectivity index (χ1) is 16.4. The Morgan fingerprint density at radius 2 is 1.82 bits per heavy atom. The number of aromatic hydroxyl groups is 1. The number of phenols is 1. The third kappa shape index (κ3) is 5.56. The van der Waals surface area contributed by atoms with E-state index in [0.29, 0.717) is 32.1 Å². The van der Waals surface area contributed by atoms with E-state index in [1.807, 2.05) is 0 Å². The highest BCUT2D eigenvalue weighted by Crippen LogP contribution is 2.33. The first-order valence-corrected chi connectivity index (χ1v) is 11.1. The molecule has 0 radical (unpaired) electrons. The molecule has 0 aromatic heterocycles. The quantitative estimate of drug-likeness (QED) is 0.242. The zero-order valence-corrected chi connectivity index (χ0v) is 19.8. The van der Waals surface area contributed by atoms with Crippen LogP contribution < -0.4 is 20.2 Å². The maximum atomic E-state index is 12.9. The maximum Gasteiger partial charge on any atom is 0.287 e. The molecule has 3 N–H and O–H groups in total. The molecule has 172 valence electrons. The minimum Gasteiger partial charge on any atom is -0.506 e. The highest BCUT2D eigenvalue weighted by atomic mass is 79.9. The van der Waals surface area contributed by atoms with E-state index < -0.39 is 11.8 Å². The summed E-state index contributed by atoms with van der Waals surface area (Å²) in [6.07, 6.45) is 2.72. The topological polar surface area (TPSA) is 109 Å². The predicted octanol–water partition coefficient (Wildman–Crippen LogP) is 4.46. The number of carbonyl (C=O) groups is 2. The number of rotatable bonds is 6. The fourth-order valence-corrected chi connectivity index (χ4v) is 3.85. The van der Waals surface area contributed by atoms with Crippen molar-refractivity contribution in [1.82, 2.24) is 10.7 Å². The fourth-order valence-electron chi connectivity index (χ4n) is 3.02. The molecule has 1 heterocycles. The number of fused-ring (bicyclic) bond motifs is 1. The number of halogens is 2. The van der Waals surface area contributed by atoms with Crippen LogP contribution in [-0.2, 0) is 4.79 Å². The van der Waals surface area contributed by atoms with Gasteiger partial charge in [-0.1, -0.05) is 35.9 Å². The van der Waals surface area contributed by atoms with Gasteiger partial charge in [-0.2, -0.15) is 5.10 Å². The number of amides is 2. The van der Waals surface area contributed by atoms with Crippen LogP contribution in [0.2, 0.25) is 5.02 Å². The fraction of sp³-hybridized carbons (Fsp3) is 0.0417. The van der Waals surface area contributed by atoms with Crippen LogP contribution in [0.3, 0.4) is 0 Å². The Bertz CT molecular complexity index is 1310. The SMILES string of the molecule is O=C(NN=Cc1cc(Cl)cc(Br)c1O)C(=Cc1ccc2c(c1)OCO2)NC(=O)c1ccccc1. The summed E-state index contributed by atoms with van der Waals surface area (Å²) in [5.41, 5.74) is 3.56. The number of ether oxygens (including phenoxy) is 2. The van der Waals surface area contributed by atoms with Gasteiger partial charge in [0.1, 0.15) is 11.4 Å². The van der Waals surface area contributed by atoms with Crippen molar-refractivity contribution in [1.29, 1.82) is 0 Å². The first-order valence-electron chi connectivity index (χ1n) is 9.90. The zero-order chi connectivity index (χ0) is 24.1. The van der Waals surface area contributed by atoms with Gasteiger partial charge in [-0.15, -0.1) is 0 Å². The number of hydrazone groups is 1. The average Bonchev–Trinajstić information content (AvgIpc) is 3.30. The second kappa shape index (κ2) is 10.4. The van der Waals surface area contributed by atoms with Crippen LogP contribution in [0.15, 0.2) is 75.9 Å². The van der Waals surface area contributed by atoms with Crippen molar-refractivity contribution in [2.24, 2.45) is 5.10 Å². The molecule has 0 bridgehead atoms. The van der Waals surface area contributed by atoms with E-state index in [1.54, 1.807) is 48.5 Å². The summed E-state index contributed by atoms with van der Waals surface area (Å²) >= 11 is 9.18. The molecule has 34 heavy (non-hydrogen) atoms. The van der Waals surface area contributed by atoms with Crippen molar-refractivity contribution in [3.8, 4) is 17.2 Å². The number of nitrogens with one attached hydrogen (secondary N) is 2. The molecule has 1 aliphatic rings. The molecule has 0 aliphatic carbocycles. The highest BCUT2D eigenvalue weighted by molar-refractivity contribution is 9.10. The average molecular weight is 543 g/mol. The molecule has 0 saturated heterocycles. The normalized spacial score (nSPS) is 12.6. The van der Waals surface area contributed by atoms with Gasteiger partial charge in [0.2, 0.25) is 6.79 Å². The lowest BCUT2D eigenvalue weighted by atomic mass is 10.1. The van der Waals surface area contributed by atoms with E-state index >= 15 is 0 Å². The van der Waals surface area contributed by atoms with Gasteiger partial charge in [-0.25, -0.2) is 5.43 Å². The summed E-state index contributed by atoms with van der Waals surface area (Å²) in [7, 11) is 0. The van der Waals surface area contributed by atoms with Gasteiger partial charge < -0.3 is 19.9 Å². The van der Waals surface area contributed by atoms with Crippen LogP contribution in [0.5, 0.6) is 17.2 Å². The zero-order valence-electron chi connectivity index (χ0n) is 17.4. The largest absolute Gasteiger partial charge is 0.506 e. The summed E-state index contributed by atoms with van der Waals surface area (Å²) in [5, 5.41) is 17.0. The molecule has 0 unspecified atom stereocenters. The summed E-state index contributed by atoms with van der Waals surface area (Å²) in [6.45, 7) is 0.113. The standard InChI is InChI=1S/C24H17BrClN3O5/c25-18-11-17(26)10-16(22(18)30)12-27-29-24(32)19(28-23(31)15-4-2-1-3-5-15)8-14-6-7-20-21(9-14)34-13-33-20/h1-12,30H,13H2,(H,28,31)(H,29,32). The Morgan fingerprint density at radius 3 is 2.62 bits per heavy atom. The van der Waals surface area contributed by atoms with Crippen molar-refractivity contribution in [3.05, 3.63) is 92.5 Å². The van der Waals surface area contributed by atoms with E-state index in [1.165, 1.54) is 24.4 Å². The van der Waals surface area contributed by atoms with Crippen molar-refractivity contribution < 1.29 is 24.2 Å². The van der Waals surface area contributed by atoms with Gasteiger partial charge in [0.05, 0.1) is 10.7 Å². The molecule has 2 amide bonds. The van der Waals surface area contributed by atoms with E-state index in [4.69, 9.17) is 21.1 Å². The number of nitrogens with zero attached hydrogens (tertiary/aromatic N) is 1.